The van der Waals surface area contributed by atoms with Crippen LogP contribution in [0.15, 0.2) is 11.6 Å². The first-order valence-electron chi connectivity index (χ1n) is 18.6. The Morgan fingerprint density at radius 1 is 1.10 bits per heavy atom. The fourth-order valence-corrected chi connectivity index (χ4v) is 11.7. The van der Waals surface area contributed by atoms with Crippen LogP contribution in [0.1, 0.15) is 120 Å². The first-order valence-corrected chi connectivity index (χ1v) is 18.6. The van der Waals surface area contributed by atoms with Gasteiger partial charge in [0.1, 0.15) is 24.1 Å². The molecule has 0 radical (unpaired) electrons. The quantitative estimate of drug-likeness (QED) is 0.157. The molecule has 1 heterocycles. The van der Waals surface area contributed by atoms with E-state index in [1.807, 2.05) is 13.8 Å². The van der Waals surface area contributed by atoms with E-state index in [0.29, 0.717) is 25.7 Å². The second-order valence-corrected chi connectivity index (χ2v) is 17.7. The summed E-state index contributed by atoms with van der Waals surface area (Å²) in [6.07, 6.45) is 2.56. The fourth-order valence-electron chi connectivity index (χ4n) is 11.7. The number of allylic oxidation sites excluding steroid dienone is 1. The number of hydrogen-bond donors (Lipinski definition) is 3. The van der Waals surface area contributed by atoms with Crippen LogP contribution in [0, 0.1) is 45.3 Å². The number of ether oxygens (including phenoxy) is 4. The second-order valence-electron chi connectivity index (χ2n) is 17.7. The molecule has 10 nitrogen and oxygen atoms in total. The van der Waals surface area contributed by atoms with Crippen molar-refractivity contribution < 1.29 is 48.7 Å². The molecule has 10 heteroatoms. The van der Waals surface area contributed by atoms with E-state index in [2.05, 4.69) is 33.8 Å². The summed E-state index contributed by atoms with van der Waals surface area (Å²) >= 11 is 0. The third-order valence-electron chi connectivity index (χ3n) is 14.0. The molecule has 5 aliphatic rings. The highest BCUT2D eigenvalue weighted by Gasteiger charge is 2.74. The maximum atomic E-state index is 13.7. The van der Waals surface area contributed by atoms with Gasteiger partial charge in [-0.05, 0) is 63.2 Å². The number of ketones is 1. The highest BCUT2D eigenvalue weighted by atomic mass is 16.7. The van der Waals surface area contributed by atoms with E-state index < -0.39 is 76.0 Å². The van der Waals surface area contributed by atoms with Gasteiger partial charge >= 0.3 is 11.9 Å². The van der Waals surface area contributed by atoms with Gasteiger partial charge in [-0.15, -0.1) is 0 Å². The van der Waals surface area contributed by atoms with Crippen LogP contribution >= 0.6 is 0 Å². The predicted octanol–water partition coefficient (Wildman–Crippen LogP) is 5.28. The van der Waals surface area contributed by atoms with Crippen molar-refractivity contribution in [1.29, 1.82) is 0 Å². The van der Waals surface area contributed by atoms with Gasteiger partial charge in [-0.1, -0.05) is 66.0 Å². The molecule has 0 bridgehead atoms. The average molecular weight is 691 g/mol. The van der Waals surface area contributed by atoms with Crippen LogP contribution in [-0.2, 0) is 33.3 Å². The number of Topliss-reactive ketones (excluding diaryl/α,β-unsaturated/α-hetero) is 1. The molecule has 0 amide bonds. The summed E-state index contributed by atoms with van der Waals surface area (Å²) in [5.74, 6) is -1.68. The number of aliphatic hydroxyl groups excluding tert-OH is 2. The summed E-state index contributed by atoms with van der Waals surface area (Å²) in [6, 6.07) is 0. The summed E-state index contributed by atoms with van der Waals surface area (Å²) < 4.78 is 25.0. The zero-order chi connectivity index (χ0) is 36.5. The molecule has 278 valence electrons. The minimum absolute atomic E-state index is 0.0147. The number of unbranched alkanes of at least 4 members (excludes halogenated alkanes) is 2. The molecule has 0 aromatic heterocycles. The number of aliphatic hydroxyl groups is 3. The molecule has 0 spiro atoms. The lowest BCUT2D eigenvalue weighted by molar-refractivity contribution is -0.257. The van der Waals surface area contributed by atoms with Crippen molar-refractivity contribution >= 4 is 17.7 Å². The molecule has 1 aliphatic heterocycles. The predicted molar refractivity (Wildman–Crippen MR) is 182 cm³/mol. The molecule has 4 aliphatic carbocycles. The van der Waals surface area contributed by atoms with Crippen LogP contribution < -0.4 is 0 Å². The monoisotopic (exact) mass is 690 g/mol. The first-order chi connectivity index (χ1) is 22.7. The Hall–Kier alpha value is -1.85. The molecule has 0 aromatic rings. The van der Waals surface area contributed by atoms with Crippen molar-refractivity contribution in [2.24, 2.45) is 45.3 Å². The number of carbonyl (C=O) groups is 3. The van der Waals surface area contributed by atoms with Crippen molar-refractivity contribution in [2.45, 2.75) is 163 Å². The van der Waals surface area contributed by atoms with Crippen LogP contribution in [-0.4, -0.2) is 82.6 Å². The van der Waals surface area contributed by atoms with E-state index in [-0.39, 0.29) is 42.3 Å². The maximum absolute atomic E-state index is 13.7. The van der Waals surface area contributed by atoms with Gasteiger partial charge < -0.3 is 34.3 Å². The summed E-state index contributed by atoms with van der Waals surface area (Å²) in [4.78, 5) is 40.0. The van der Waals surface area contributed by atoms with E-state index in [9.17, 15) is 29.7 Å². The number of fused-ring (bicyclic) bond motifs is 5. The van der Waals surface area contributed by atoms with Gasteiger partial charge in [0.2, 0.25) is 0 Å². The fraction of sp³-hybridized carbons (Fsp3) is 0.872. The number of hydrogen-bond acceptors (Lipinski definition) is 10. The standard InChI is InChI=1S/C39H62O10/c1-11-12-13-14-31(43)48-25-20-37(7)23(22-17-24(49-34(22)46-10)33(44)36(5,6)45)15-16-26(37)39(9)30(47-21(2)40)18-27-35(3,4)28(41)19-29(42)38(27,8)32(25)39/h16,22-25,27,29-30,32-34,42,44-45H,11-15,17-20H2,1-10H3/t22-,23-,24-,25-,27+,29?,30-,32-,33+,34-,37-,38-,39-/m1/s1. The van der Waals surface area contributed by atoms with Crippen molar-refractivity contribution in [2.75, 3.05) is 7.11 Å². The van der Waals surface area contributed by atoms with Gasteiger partial charge in [0.25, 0.3) is 0 Å². The largest absolute Gasteiger partial charge is 0.462 e. The van der Waals surface area contributed by atoms with Crippen LogP contribution in [0.5, 0.6) is 0 Å². The maximum Gasteiger partial charge on any atom is 0.306 e. The molecule has 1 unspecified atom stereocenters. The Labute approximate surface area is 292 Å². The lowest BCUT2D eigenvalue weighted by atomic mass is 9.36. The van der Waals surface area contributed by atoms with Gasteiger partial charge in [0.15, 0.2) is 6.29 Å². The minimum atomic E-state index is -1.37. The molecule has 13 atom stereocenters. The van der Waals surface area contributed by atoms with E-state index in [1.165, 1.54) is 6.92 Å². The summed E-state index contributed by atoms with van der Waals surface area (Å²) in [6.45, 7) is 16.9. The average Bonchev–Trinajstić information content (AvgIpc) is 3.57. The van der Waals surface area contributed by atoms with Crippen LogP contribution in [0.2, 0.25) is 0 Å². The molecule has 3 saturated carbocycles. The third-order valence-corrected chi connectivity index (χ3v) is 14.0. The topological polar surface area (TPSA) is 149 Å². The third kappa shape index (κ3) is 6.13. The van der Waals surface area contributed by atoms with Crippen molar-refractivity contribution in [3.8, 4) is 0 Å². The molecule has 49 heavy (non-hydrogen) atoms. The second kappa shape index (κ2) is 13.3. The highest BCUT2D eigenvalue weighted by Crippen LogP contribution is 2.74. The number of methoxy groups -OCH3 is 1. The van der Waals surface area contributed by atoms with Gasteiger partial charge in [-0.2, -0.15) is 0 Å². The van der Waals surface area contributed by atoms with E-state index in [4.69, 9.17) is 18.9 Å². The summed E-state index contributed by atoms with van der Waals surface area (Å²) in [7, 11) is 1.59. The number of carbonyl (C=O) groups excluding carboxylic acids is 3. The zero-order valence-corrected chi connectivity index (χ0v) is 31.4. The SMILES string of the molecule is CCCCCC(=O)O[C@@H]1C[C@@]2(C)C(=CC[C@@H]2[C@H]2C[C@H]([C@H](O)C(C)(C)O)O[C@H]2OC)[C@]2(C)[C@H](OC(C)=O)C[C@H]3C(C)(C)C(=O)CC(O)[C@]3(C)[C@@H]12. The lowest BCUT2D eigenvalue weighted by Gasteiger charge is -2.69. The summed E-state index contributed by atoms with van der Waals surface area (Å²) in [5.41, 5.74) is -3.26. The van der Waals surface area contributed by atoms with Crippen molar-refractivity contribution in [3.63, 3.8) is 0 Å². The smallest absolute Gasteiger partial charge is 0.306 e. The van der Waals surface area contributed by atoms with Gasteiger partial charge in [-0.25, -0.2) is 0 Å². The Kier molecular flexibility index (Phi) is 10.4. The van der Waals surface area contributed by atoms with Gasteiger partial charge in [0.05, 0.1) is 17.8 Å². The molecule has 3 N–H and O–H groups in total. The number of esters is 2. The van der Waals surface area contributed by atoms with Gasteiger partial charge in [0, 0.05) is 55.0 Å². The lowest BCUT2D eigenvalue weighted by Crippen LogP contribution is -2.72. The molecule has 0 aromatic carbocycles. The van der Waals surface area contributed by atoms with Crippen LogP contribution in [0.4, 0.5) is 0 Å². The summed E-state index contributed by atoms with van der Waals surface area (Å²) in [5, 5.41) is 33.7. The normalized spacial score (nSPS) is 43.6. The minimum Gasteiger partial charge on any atom is -0.462 e. The molecule has 4 fully saturated rings. The van der Waals surface area contributed by atoms with Gasteiger partial charge in [-0.3, -0.25) is 14.4 Å². The van der Waals surface area contributed by atoms with E-state index in [0.717, 1.165) is 24.8 Å². The molecule has 5 rings (SSSR count). The molecular formula is C39H62O10. The Morgan fingerprint density at radius 3 is 2.37 bits per heavy atom. The Bertz CT molecular complexity index is 1320. The zero-order valence-electron chi connectivity index (χ0n) is 31.4. The highest BCUT2D eigenvalue weighted by molar-refractivity contribution is 5.86. The Morgan fingerprint density at radius 2 is 1.78 bits per heavy atom. The molecular weight excluding hydrogens is 628 g/mol. The van der Waals surface area contributed by atoms with Crippen LogP contribution in [0.25, 0.3) is 0 Å². The number of rotatable bonds is 10. The van der Waals surface area contributed by atoms with Crippen molar-refractivity contribution in [3.05, 3.63) is 11.6 Å². The first kappa shape index (κ1) is 38.4. The van der Waals surface area contributed by atoms with E-state index >= 15 is 0 Å². The Balaban J connectivity index is 1.63. The van der Waals surface area contributed by atoms with Crippen LogP contribution in [0.3, 0.4) is 0 Å². The van der Waals surface area contributed by atoms with E-state index in [1.54, 1.807) is 21.0 Å². The molecule has 1 saturated heterocycles. The van der Waals surface area contributed by atoms with Crippen molar-refractivity contribution in [1.82, 2.24) is 0 Å².